The SMILES string of the molecule is Nn1c(SCc2ccccc2Br)nnc1-c1ccccc1. The number of nitrogens with two attached hydrogens (primary N) is 1. The first-order chi connectivity index (χ1) is 10.3. The molecule has 6 heteroatoms. The van der Waals surface area contributed by atoms with Gasteiger partial charge in [0, 0.05) is 15.8 Å². The van der Waals surface area contributed by atoms with Gasteiger partial charge >= 0.3 is 0 Å². The maximum absolute atomic E-state index is 6.10. The minimum atomic E-state index is 0.672. The second kappa shape index (κ2) is 6.32. The van der Waals surface area contributed by atoms with Crippen LogP contribution in [0.2, 0.25) is 0 Å². The first-order valence-corrected chi connectivity index (χ1v) is 8.15. The molecule has 3 aromatic rings. The van der Waals surface area contributed by atoms with Crippen molar-refractivity contribution in [2.75, 3.05) is 5.84 Å². The van der Waals surface area contributed by atoms with E-state index in [1.807, 2.05) is 48.5 Å². The zero-order chi connectivity index (χ0) is 14.7. The molecule has 3 rings (SSSR count). The number of halogens is 1. The molecule has 1 heterocycles. The van der Waals surface area contributed by atoms with Gasteiger partial charge in [-0.1, -0.05) is 76.2 Å². The molecule has 1 aromatic heterocycles. The number of hydrogen-bond acceptors (Lipinski definition) is 4. The molecule has 106 valence electrons. The van der Waals surface area contributed by atoms with Gasteiger partial charge < -0.3 is 5.84 Å². The average Bonchev–Trinajstić information content (AvgIpc) is 2.88. The molecular weight excluding hydrogens is 348 g/mol. The van der Waals surface area contributed by atoms with E-state index in [1.54, 1.807) is 11.8 Å². The summed E-state index contributed by atoms with van der Waals surface area (Å²) in [5.41, 5.74) is 2.16. The van der Waals surface area contributed by atoms with Crippen molar-refractivity contribution in [3.05, 3.63) is 64.6 Å². The summed E-state index contributed by atoms with van der Waals surface area (Å²) < 4.78 is 2.63. The summed E-state index contributed by atoms with van der Waals surface area (Å²) in [6.07, 6.45) is 0. The molecule has 21 heavy (non-hydrogen) atoms. The van der Waals surface area contributed by atoms with Crippen molar-refractivity contribution in [2.45, 2.75) is 10.9 Å². The van der Waals surface area contributed by atoms with Gasteiger partial charge in [-0.3, -0.25) is 0 Å². The normalized spacial score (nSPS) is 10.7. The number of nitrogen functional groups attached to an aromatic ring is 1. The maximum Gasteiger partial charge on any atom is 0.210 e. The zero-order valence-corrected chi connectivity index (χ0v) is 13.5. The lowest BCUT2D eigenvalue weighted by Gasteiger charge is -2.05. The molecule has 0 fully saturated rings. The quantitative estimate of drug-likeness (QED) is 0.569. The predicted octanol–water partition coefficient (Wildman–Crippen LogP) is 3.71. The summed E-state index contributed by atoms with van der Waals surface area (Å²) >= 11 is 5.11. The van der Waals surface area contributed by atoms with Crippen LogP contribution in [0.25, 0.3) is 11.4 Å². The first kappa shape index (κ1) is 14.2. The molecule has 0 atom stereocenters. The lowest BCUT2D eigenvalue weighted by Crippen LogP contribution is -2.11. The van der Waals surface area contributed by atoms with E-state index in [1.165, 1.54) is 10.2 Å². The average molecular weight is 361 g/mol. The number of rotatable bonds is 4. The van der Waals surface area contributed by atoms with Crippen LogP contribution in [-0.4, -0.2) is 14.9 Å². The van der Waals surface area contributed by atoms with Crippen LogP contribution in [0, 0.1) is 0 Å². The van der Waals surface area contributed by atoms with Gasteiger partial charge in [-0.05, 0) is 11.6 Å². The van der Waals surface area contributed by atoms with Gasteiger partial charge in [0.1, 0.15) is 0 Å². The van der Waals surface area contributed by atoms with Gasteiger partial charge in [0.05, 0.1) is 0 Å². The third-order valence-corrected chi connectivity index (χ3v) is 4.78. The van der Waals surface area contributed by atoms with Crippen molar-refractivity contribution in [1.82, 2.24) is 14.9 Å². The minimum absolute atomic E-state index is 0.672. The van der Waals surface area contributed by atoms with Crippen molar-refractivity contribution in [2.24, 2.45) is 0 Å². The van der Waals surface area contributed by atoms with Gasteiger partial charge in [-0.25, -0.2) is 4.68 Å². The molecule has 0 aliphatic carbocycles. The van der Waals surface area contributed by atoms with E-state index in [0.29, 0.717) is 11.0 Å². The second-order valence-corrected chi connectivity index (χ2v) is 6.22. The van der Waals surface area contributed by atoms with Crippen molar-refractivity contribution in [1.29, 1.82) is 0 Å². The van der Waals surface area contributed by atoms with Crippen LogP contribution in [0.3, 0.4) is 0 Å². The predicted molar refractivity (Wildman–Crippen MR) is 89.3 cm³/mol. The Labute approximate surface area is 135 Å². The molecule has 2 N–H and O–H groups in total. The van der Waals surface area contributed by atoms with E-state index in [9.17, 15) is 0 Å². The van der Waals surface area contributed by atoms with E-state index >= 15 is 0 Å². The van der Waals surface area contributed by atoms with Crippen molar-refractivity contribution >= 4 is 27.7 Å². The number of hydrogen-bond donors (Lipinski definition) is 1. The van der Waals surface area contributed by atoms with E-state index < -0.39 is 0 Å². The number of benzene rings is 2. The van der Waals surface area contributed by atoms with Gasteiger partial charge in [-0.2, -0.15) is 0 Å². The molecule has 0 unspecified atom stereocenters. The summed E-state index contributed by atoms with van der Waals surface area (Å²) in [4.78, 5) is 0. The highest BCUT2D eigenvalue weighted by molar-refractivity contribution is 9.10. The monoisotopic (exact) mass is 360 g/mol. The molecule has 0 amide bonds. The van der Waals surface area contributed by atoms with Crippen LogP contribution >= 0.6 is 27.7 Å². The summed E-state index contributed by atoms with van der Waals surface area (Å²) in [7, 11) is 0. The molecule has 0 saturated heterocycles. The minimum Gasteiger partial charge on any atom is -0.335 e. The van der Waals surface area contributed by atoms with Crippen LogP contribution in [0.4, 0.5) is 0 Å². The Morgan fingerprint density at radius 3 is 2.48 bits per heavy atom. The van der Waals surface area contributed by atoms with E-state index in [4.69, 9.17) is 5.84 Å². The third kappa shape index (κ3) is 3.11. The van der Waals surface area contributed by atoms with Crippen LogP contribution in [0.1, 0.15) is 5.56 Å². The standard InChI is InChI=1S/C15H13BrN4S/c16-13-9-5-4-8-12(13)10-21-15-19-18-14(20(15)17)11-6-2-1-3-7-11/h1-9H,10,17H2. The Balaban J connectivity index is 1.79. The van der Waals surface area contributed by atoms with Crippen LogP contribution in [0.5, 0.6) is 0 Å². The molecule has 0 spiro atoms. The summed E-state index contributed by atoms with van der Waals surface area (Å²) in [6.45, 7) is 0. The highest BCUT2D eigenvalue weighted by Crippen LogP contribution is 2.27. The number of nitrogens with zero attached hydrogens (tertiary/aromatic N) is 3. The Kier molecular flexibility index (Phi) is 4.26. The number of thioether (sulfide) groups is 1. The van der Waals surface area contributed by atoms with Gasteiger partial charge in [0.25, 0.3) is 0 Å². The third-order valence-electron chi connectivity index (χ3n) is 3.01. The van der Waals surface area contributed by atoms with E-state index in [0.717, 1.165) is 15.8 Å². The smallest absolute Gasteiger partial charge is 0.210 e. The molecular formula is C15H13BrN4S. The number of aromatic nitrogens is 3. The maximum atomic E-state index is 6.10. The topological polar surface area (TPSA) is 56.7 Å². The lowest BCUT2D eigenvalue weighted by atomic mass is 10.2. The van der Waals surface area contributed by atoms with E-state index in [-0.39, 0.29) is 0 Å². The van der Waals surface area contributed by atoms with Crippen LogP contribution in [-0.2, 0) is 5.75 Å². The Morgan fingerprint density at radius 2 is 1.71 bits per heavy atom. The zero-order valence-electron chi connectivity index (χ0n) is 11.1. The summed E-state index contributed by atoms with van der Waals surface area (Å²) in [6, 6.07) is 17.9. The second-order valence-electron chi connectivity index (χ2n) is 4.42. The van der Waals surface area contributed by atoms with Gasteiger partial charge in [0.2, 0.25) is 5.16 Å². The summed E-state index contributed by atoms with van der Waals surface area (Å²) in [5.74, 6) is 7.55. The Morgan fingerprint density at radius 1 is 1.00 bits per heavy atom. The molecule has 0 radical (unpaired) electrons. The fourth-order valence-corrected chi connectivity index (χ4v) is 3.39. The van der Waals surface area contributed by atoms with Crippen molar-refractivity contribution in [3.63, 3.8) is 0 Å². The lowest BCUT2D eigenvalue weighted by molar-refractivity contribution is 0.849. The Bertz CT molecular complexity index is 742. The van der Waals surface area contributed by atoms with Crippen LogP contribution < -0.4 is 5.84 Å². The molecule has 0 aliphatic rings. The van der Waals surface area contributed by atoms with Crippen molar-refractivity contribution < 1.29 is 0 Å². The van der Waals surface area contributed by atoms with Crippen molar-refractivity contribution in [3.8, 4) is 11.4 Å². The molecule has 2 aromatic carbocycles. The first-order valence-electron chi connectivity index (χ1n) is 6.38. The van der Waals surface area contributed by atoms with Gasteiger partial charge in [0.15, 0.2) is 5.82 Å². The van der Waals surface area contributed by atoms with E-state index in [2.05, 4.69) is 32.2 Å². The van der Waals surface area contributed by atoms with Crippen LogP contribution in [0.15, 0.2) is 64.2 Å². The fourth-order valence-electron chi connectivity index (χ4n) is 1.92. The highest BCUT2D eigenvalue weighted by atomic mass is 79.9. The molecule has 4 nitrogen and oxygen atoms in total. The Hall–Kier alpha value is -1.79. The fraction of sp³-hybridized carbons (Fsp3) is 0.0667. The molecule has 0 aliphatic heterocycles. The summed E-state index contributed by atoms with van der Waals surface area (Å²) in [5, 5.41) is 9.05. The molecule has 0 saturated carbocycles. The highest BCUT2D eigenvalue weighted by Gasteiger charge is 2.12. The van der Waals surface area contributed by atoms with Gasteiger partial charge in [-0.15, -0.1) is 10.2 Å². The largest absolute Gasteiger partial charge is 0.335 e. The molecule has 0 bridgehead atoms.